The highest BCUT2D eigenvalue weighted by atomic mass is 29.3. The molecule has 1 N–H and O–H groups in total. The minimum atomic E-state index is -1.58. The summed E-state index contributed by atoms with van der Waals surface area (Å²) in [6.45, 7) is 9.53. The van der Waals surface area contributed by atoms with Gasteiger partial charge < -0.3 is 9.53 Å². The summed E-state index contributed by atoms with van der Waals surface area (Å²) < 4.78 is 6.43. The second-order valence-corrected chi connectivity index (χ2v) is 21.7. The molecule has 1 unspecified atom stereocenters. The number of hydrogen-bond acceptors (Lipinski definition) is 2. The van der Waals surface area contributed by atoms with Crippen molar-refractivity contribution in [3.63, 3.8) is 0 Å². The largest absolute Gasteiger partial charge is 0.478 e. The first kappa shape index (κ1) is 14.5. The molecule has 0 radical (unpaired) electrons. The van der Waals surface area contributed by atoms with Gasteiger partial charge in [-0.3, -0.25) is 0 Å². The molecule has 3 nitrogen and oxygen atoms in total. The third-order valence-corrected chi connectivity index (χ3v) is 21.2. The van der Waals surface area contributed by atoms with E-state index in [1.165, 1.54) is 6.04 Å². The minimum absolute atomic E-state index is 0.157. The highest BCUT2D eigenvalue weighted by Crippen LogP contribution is 2.40. The van der Waals surface area contributed by atoms with Gasteiger partial charge in [0.2, 0.25) is 0 Å². The van der Waals surface area contributed by atoms with Crippen LogP contribution in [0.25, 0.3) is 0 Å². The van der Waals surface area contributed by atoms with E-state index in [9.17, 15) is 4.79 Å². The van der Waals surface area contributed by atoms with E-state index in [1.807, 2.05) is 12.1 Å². The van der Waals surface area contributed by atoms with Crippen LogP contribution in [0.3, 0.4) is 0 Å². The lowest BCUT2D eigenvalue weighted by Crippen LogP contribution is -2.60. The molecule has 104 valence electrons. The Morgan fingerprint density at radius 2 is 1.79 bits per heavy atom. The molecule has 0 amide bonds. The van der Waals surface area contributed by atoms with Crippen molar-refractivity contribution in [3.8, 4) is 0 Å². The molecule has 0 spiro atoms. The molecule has 19 heavy (non-hydrogen) atoms. The van der Waals surface area contributed by atoms with E-state index in [1.54, 1.807) is 12.1 Å². The van der Waals surface area contributed by atoms with Crippen LogP contribution in [0.4, 0.5) is 0 Å². The third-order valence-electron chi connectivity index (χ3n) is 4.63. The summed E-state index contributed by atoms with van der Waals surface area (Å²) in [5.74, 6) is -0.876. The molecule has 0 bridgehead atoms. The van der Waals surface area contributed by atoms with Gasteiger partial charge in [0.15, 0.2) is 7.83 Å². The van der Waals surface area contributed by atoms with Crippen LogP contribution in [0.1, 0.15) is 28.4 Å². The van der Waals surface area contributed by atoms with Crippen molar-refractivity contribution in [2.24, 2.45) is 0 Å². The SMILES string of the molecule is C[Si]1(C)CCC(c2ccc(C(=O)O)cc2)O[Si]1(C)C. The Hall–Kier alpha value is -0.916. The lowest BCUT2D eigenvalue weighted by atomic mass is 10.1. The van der Waals surface area contributed by atoms with Crippen LogP contribution in [-0.4, -0.2) is 26.5 Å². The topological polar surface area (TPSA) is 46.5 Å². The van der Waals surface area contributed by atoms with E-state index in [2.05, 4.69) is 26.2 Å². The molecular weight excluding hydrogens is 272 g/mol. The maximum Gasteiger partial charge on any atom is 0.335 e. The van der Waals surface area contributed by atoms with Gasteiger partial charge in [-0.15, -0.1) is 0 Å². The number of rotatable bonds is 2. The number of carbonyl (C=O) groups is 1. The lowest BCUT2D eigenvalue weighted by Gasteiger charge is -2.45. The zero-order chi connectivity index (χ0) is 14.3. The van der Waals surface area contributed by atoms with Gasteiger partial charge in [0.25, 0.3) is 0 Å². The van der Waals surface area contributed by atoms with Gasteiger partial charge in [0, 0.05) is 0 Å². The standard InChI is InChI=1S/C14H22O3Si2/c1-18(2)10-9-13(17-19(18,3)4)11-5-7-12(8-6-11)14(15)16/h5-8,13H,9-10H2,1-4H3,(H,15,16). The first-order valence-corrected chi connectivity index (χ1v) is 13.9. The van der Waals surface area contributed by atoms with Crippen molar-refractivity contribution in [3.05, 3.63) is 35.4 Å². The summed E-state index contributed by atoms with van der Waals surface area (Å²) in [7, 11) is -2.78. The smallest absolute Gasteiger partial charge is 0.335 e. The maximum atomic E-state index is 10.9. The van der Waals surface area contributed by atoms with Crippen molar-refractivity contribution >= 4 is 21.4 Å². The first-order valence-electron chi connectivity index (χ1n) is 6.74. The van der Waals surface area contributed by atoms with Gasteiger partial charge in [-0.05, 0) is 37.2 Å². The summed E-state index contributed by atoms with van der Waals surface area (Å²) in [5.41, 5.74) is 1.46. The molecule has 0 aromatic heterocycles. The van der Waals surface area contributed by atoms with Gasteiger partial charge in [0.05, 0.1) is 19.3 Å². The van der Waals surface area contributed by atoms with Gasteiger partial charge in [-0.25, -0.2) is 4.79 Å². The van der Waals surface area contributed by atoms with E-state index >= 15 is 0 Å². The van der Waals surface area contributed by atoms with Crippen LogP contribution in [0, 0.1) is 0 Å². The van der Waals surface area contributed by atoms with Crippen LogP contribution < -0.4 is 0 Å². The molecule has 1 aromatic carbocycles. The average Bonchev–Trinajstić information content (AvgIpc) is 2.33. The Balaban J connectivity index is 2.18. The van der Waals surface area contributed by atoms with Gasteiger partial charge in [-0.1, -0.05) is 31.3 Å². The van der Waals surface area contributed by atoms with Crippen molar-refractivity contribution in [1.82, 2.24) is 0 Å². The average molecular weight is 294 g/mol. The quantitative estimate of drug-likeness (QED) is 0.843. The first-order chi connectivity index (χ1) is 8.73. The summed E-state index contributed by atoms with van der Waals surface area (Å²) in [6.07, 6.45) is 1.23. The number of aromatic carboxylic acids is 1. The fraction of sp³-hybridized carbons (Fsp3) is 0.500. The second kappa shape index (κ2) is 4.88. The van der Waals surface area contributed by atoms with E-state index < -0.39 is 21.4 Å². The molecule has 0 aliphatic carbocycles. The molecule has 2 rings (SSSR count). The Bertz CT molecular complexity index is 480. The van der Waals surface area contributed by atoms with Crippen LogP contribution in [0.2, 0.25) is 32.2 Å². The number of benzene rings is 1. The maximum absolute atomic E-state index is 10.9. The Labute approximate surface area is 116 Å². The molecule has 1 aliphatic heterocycles. The van der Waals surface area contributed by atoms with Gasteiger partial charge in [-0.2, -0.15) is 0 Å². The number of carboxylic acid groups (broad SMARTS) is 1. The highest BCUT2D eigenvalue weighted by Gasteiger charge is 2.47. The van der Waals surface area contributed by atoms with E-state index in [4.69, 9.17) is 9.53 Å². The normalized spacial score (nSPS) is 24.9. The van der Waals surface area contributed by atoms with Crippen LogP contribution in [0.15, 0.2) is 24.3 Å². The zero-order valence-electron chi connectivity index (χ0n) is 12.1. The summed E-state index contributed by atoms with van der Waals surface area (Å²) in [5, 5.41) is 8.92. The fourth-order valence-corrected chi connectivity index (χ4v) is 8.94. The summed E-state index contributed by atoms with van der Waals surface area (Å²) in [6, 6.07) is 8.45. The van der Waals surface area contributed by atoms with Crippen molar-refractivity contribution < 1.29 is 14.3 Å². The number of hydrogen-bond donors (Lipinski definition) is 1. The predicted molar refractivity (Wildman–Crippen MR) is 81.6 cm³/mol. The van der Waals surface area contributed by atoms with Gasteiger partial charge in [0.1, 0.15) is 0 Å². The molecule has 5 heteroatoms. The van der Waals surface area contributed by atoms with Crippen molar-refractivity contribution in [2.45, 2.75) is 44.8 Å². The number of carboxylic acids is 1. The second-order valence-electron chi connectivity index (χ2n) is 6.47. The molecule has 1 heterocycles. The molecule has 1 atom stereocenters. The van der Waals surface area contributed by atoms with Gasteiger partial charge >= 0.3 is 5.97 Å². The summed E-state index contributed by atoms with van der Waals surface area (Å²) >= 11 is 0. The molecule has 1 saturated heterocycles. The van der Waals surface area contributed by atoms with Crippen LogP contribution in [0.5, 0.6) is 0 Å². The lowest BCUT2D eigenvalue weighted by molar-refractivity contribution is 0.0696. The third kappa shape index (κ3) is 2.83. The zero-order valence-corrected chi connectivity index (χ0v) is 14.1. The molecule has 1 fully saturated rings. The van der Waals surface area contributed by atoms with E-state index in [0.717, 1.165) is 12.0 Å². The Kier molecular flexibility index (Phi) is 3.72. The summed E-state index contributed by atoms with van der Waals surface area (Å²) in [4.78, 5) is 10.9. The van der Waals surface area contributed by atoms with Crippen molar-refractivity contribution in [2.75, 3.05) is 0 Å². The van der Waals surface area contributed by atoms with E-state index in [0.29, 0.717) is 5.56 Å². The Morgan fingerprint density at radius 3 is 2.26 bits per heavy atom. The molecule has 0 saturated carbocycles. The molecular formula is C14H22O3Si2. The van der Waals surface area contributed by atoms with Crippen molar-refractivity contribution in [1.29, 1.82) is 0 Å². The monoisotopic (exact) mass is 294 g/mol. The Morgan fingerprint density at radius 1 is 1.21 bits per heavy atom. The van der Waals surface area contributed by atoms with E-state index in [-0.39, 0.29) is 6.10 Å². The van der Waals surface area contributed by atoms with Crippen LogP contribution in [-0.2, 0) is 4.43 Å². The predicted octanol–water partition coefficient (Wildman–Crippen LogP) is 3.84. The highest BCUT2D eigenvalue weighted by molar-refractivity contribution is 7.38. The minimum Gasteiger partial charge on any atom is -0.478 e. The molecule has 1 aliphatic rings. The fourth-order valence-electron chi connectivity index (χ4n) is 2.44. The van der Waals surface area contributed by atoms with Crippen LogP contribution >= 0.6 is 0 Å². The molecule has 1 aromatic rings.